The zero-order valence-corrected chi connectivity index (χ0v) is 15.6. The predicted octanol–water partition coefficient (Wildman–Crippen LogP) is 1.81. The third-order valence-corrected chi connectivity index (χ3v) is 6.18. The molecule has 3 saturated heterocycles. The second kappa shape index (κ2) is 8.55. The summed E-state index contributed by atoms with van der Waals surface area (Å²) in [4.78, 5) is 20.0. The second-order valence-electron chi connectivity index (χ2n) is 7.91. The molecule has 0 bridgehead atoms. The molecule has 4 rings (SSSR count). The molecule has 3 fully saturated rings. The van der Waals surface area contributed by atoms with Gasteiger partial charge in [0, 0.05) is 37.8 Å². The van der Waals surface area contributed by atoms with Gasteiger partial charge < -0.3 is 14.1 Å². The van der Waals surface area contributed by atoms with E-state index < -0.39 is 0 Å². The van der Waals surface area contributed by atoms with Crippen molar-refractivity contribution in [3.8, 4) is 0 Å². The van der Waals surface area contributed by atoms with Crippen molar-refractivity contribution in [3.05, 3.63) is 24.2 Å². The maximum Gasteiger partial charge on any atom is 0.227 e. The molecule has 0 saturated carbocycles. The van der Waals surface area contributed by atoms with Gasteiger partial charge in [0.25, 0.3) is 0 Å². The second-order valence-corrected chi connectivity index (χ2v) is 7.91. The molecular formula is C20H31N3O3. The van der Waals surface area contributed by atoms with Gasteiger partial charge in [0.05, 0.1) is 31.7 Å². The number of furan rings is 1. The topological polar surface area (TPSA) is 49.2 Å². The standard InChI is InChI=1S/C20H31N3O3/c24-20(22-9-12-25-13-10-22)18-2-1-6-23(15-18)19-3-7-21(8-4-19)14-17-5-11-26-16-17/h5,11,16,18-19H,1-4,6-10,12-15H2/t18-/m0/s1. The van der Waals surface area contributed by atoms with E-state index in [0.717, 1.165) is 58.7 Å². The lowest BCUT2D eigenvalue weighted by Crippen LogP contribution is -2.52. The van der Waals surface area contributed by atoms with Crippen LogP contribution in [0.3, 0.4) is 0 Å². The SMILES string of the molecule is O=C([C@H]1CCCN(C2CCN(Cc3ccoc3)CC2)C1)N1CCOCC1. The Bertz CT molecular complexity index is 563. The highest BCUT2D eigenvalue weighted by atomic mass is 16.5. The molecule has 1 atom stereocenters. The molecule has 0 spiro atoms. The molecule has 0 radical (unpaired) electrons. The molecule has 4 heterocycles. The maximum absolute atomic E-state index is 12.8. The summed E-state index contributed by atoms with van der Waals surface area (Å²) in [7, 11) is 0. The van der Waals surface area contributed by atoms with E-state index in [4.69, 9.17) is 9.15 Å². The van der Waals surface area contributed by atoms with Gasteiger partial charge in [-0.05, 0) is 51.4 Å². The van der Waals surface area contributed by atoms with E-state index in [-0.39, 0.29) is 5.92 Å². The van der Waals surface area contributed by atoms with Gasteiger partial charge in [0.15, 0.2) is 0 Å². The van der Waals surface area contributed by atoms with Crippen LogP contribution in [-0.2, 0) is 16.1 Å². The number of hydrogen-bond donors (Lipinski definition) is 0. The molecule has 1 aromatic heterocycles. The Hall–Kier alpha value is -1.37. The number of carbonyl (C=O) groups excluding carboxylic acids is 1. The molecule has 6 nitrogen and oxygen atoms in total. The van der Waals surface area contributed by atoms with Crippen molar-refractivity contribution >= 4 is 5.91 Å². The van der Waals surface area contributed by atoms with Gasteiger partial charge in [-0.2, -0.15) is 0 Å². The Labute approximate surface area is 156 Å². The number of rotatable bonds is 4. The van der Waals surface area contributed by atoms with Crippen molar-refractivity contribution in [1.29, 1.82) is 0 Å². The first-order chi connectivity index (χ1) is 12.8. The Morgan fingerprint density at radius 2 is 1.88 bits per heavy atom. The van der Waals surface area contributed by atoms with Crippen molar-refractivity contribution < 1.29 is 13.9 Å². The number of nitrogens with zero attached hydrogens (tertiary/aromatic N) is 3. The molecule has 144 valence electrons. The van der Waals surface area contributed by atoms with E-state index in [1.165, 1.54) is 18.4 Å². The highest BCUT2D eigenvalue weighted by Gasteiger charge is 2.33. The summed E-state index contributed by atoms with van der Waals surface area (Å²) in [6.45, 7) is 8.27. The fourth-order valence-corrected chi connectivity index (χ4v) is 4.66. The van der Waals surface area contributed by atoms with E-state index in [2.05, 4.69) is 15.9 Å². The summed E-state index contributed by atoms with van der Waals surface area (Å²) in [6.07, 6.45) is 8.20. The smallest absolute Gasteiger partial charge is 0.227 e. The van der Waals surface area contributed by atoms with E-state index in [9.17, 15) is 4.79 Å². The lowest BCUT2D eigenvalue weighted by molar-refractivity contribution is -0.142. The summed E-state index contributed by atoms with van der Waals surface area (Å²) in [5.74, 6) is 0.543. The van der Waals surface area contributed by atoms with Crippen LogP contribution in [-0.4, -0.2) is 79.1 Å². The fourth-order valence-electron chi connectivity index (χ4n) is 4.66. The minimum Gasteiger partial charge on any atom is -0.472 e. The molecule has 0 unspecified atom stereocenters. The van der Waals surface area contributed by atoms with Gasteiger partial charge in [-0.25, -0.2) is 0 Å². The van der Waals surface area contributed by atoms with Crippen LogP contribution in [0.5, 0.6) is 0 Å². The van der Waals surface area contributed by atoms with E-state index in [1.54, 1.807) is 6.26 Å². The predicted molar refractivity (Wildman–Crippen MR) is 98.7 cm³/mol. The zero-order valence-electron chi connectivity index (χ0n) is 15.6. The normalized spacial score (nSPS) is 26.9. The highest BCUT2D eigenvalue weighted by molar-refractivity contribution is 5.79. The van der Waals surface area contributed by atoms with E-state index >= 15 is 0 Å². The number of piperidine rings is 2. The summed E-state index contributed by atoms with van der Waals surface area (Å²) >= 11 is 0. The summed E-state index contributed by atoms with van der Waals surface area (Å²) in [6, 6.07) is 2.69. The maximum atomic E-state index is 12.8. The fraction of sp³-hybridized carbons (Fsp3) is 0.750. The largest absolute Gasteiger partial charge is 0.472 e. The van der Waals surface area contributed by atoms with Gasteiger partial charge in [0.1, 0.15) is 0 Å². The molecule has 3 aliphatic heterocycles. The van der Waals surface area contributed by atoms with Crippen LogP contribution in [0.1, 0.15) is 31.2 Å². The average molecular weight is 361 g/mol. The average Bonchev–Trinajstić information content (AvgIpc) is 3.22. The van der Waals surface area contributed by atoms with E-state index in [1.807, 2.05) is 11.2 Å². The molecule has 1 amide bonds. The lowest BCUT2D eigenvalue weighted by Gasteiger charge is -2.43. The van der Waals surface area contributed by atoms with Crippen LogP contribution in [0, 0.1) is 5.92 Å². The Balaban J connectivity index is 1.26. The van der Waals surface area contributed by atoms with Gasteiger partial charge in [-0.15, -0.1) is 0 Å². The van der Waals surface area contributed by atoms with Gasteiger partial charge in [-0.1, -0.05) is 0 Å². The number of hydrogen-bond acceptors (Lipinski definition) is 5. The first-order valence-corrected chi connectivity index (χ1v) is 10.1. The van der Waals surface area contributed by atoms with E-state index in [0.29, 0.717) is 25.2 Å². The Morgan fingerprint density at radius 3 is 2.62 bits per heavy atom. The first kappa shape index (κ1) is 18.0. The molecule has 0 N–H and O–H groups in total. The van der Waals surface area contributed by atoms with Crippen LogP contribution >= 0.6 is 0 Å². The molecular weight excluding hydrogens is 330 g/mol. The van der Waals surface area contributed by atoms with Crippen LogP contribution in [0.15, 0.2) is 23.0 Å². The number of ether oxygens (including phenoxy) is 1. The molecule has 0 aromatic carbocycles. The summed E-state index contributed by atoms with van der Waals surface area (Å²) in [5, 5.41) is 0. The number of morpholine rings is 1. The molecule has 26 heavy (non-hydrogen) atoms. The highest BCUT2D eigenvalue weighted by Crippen LogP contribution is 2.26. The first-order valence-electron chi connectivity index (χ1n) is 10.1. The van der Waals surface area contributed by atoms with Crippen molar-refractivity contribution in [1.82, 2.24) is 14.7 Å². The zero-order chi connectivity index (χ0) is 17.8. The summed E-state index contributed by atoms with van der Waals surface area (Å²) in [5.41, 5.74) is 1.26. The van der Waals surface area contributed by atoms with Crippen molar-refractivity contribution in [2.75, 3.05) is 52.5 Å². The molecule has 0 aliphatic carbocycles. The number of amides is 1. The van der Waals surface area contributed by atoms with Crippen LogP contribution in [0.25, 0.3) is 0 Å². The number of carbonyl (C=O) groups is 1. The molecule has 3 aliphatic rings. The third kappa shape index (κ3) is 4.30. The van der Waals surface area contributed by atoms with Crippen molar-refractivity contribution in [3.63, 3.8) is 0 Å². The molecule has 6 heteroatoms. The third-order valence-electron chi connectivity index (χ3n) is 6.18. The van der Waals surface area contributed by atoms with Gasteiger partial charge in [-0.3, -0.25) is 14.6 Å². The van der Waals surface area contributed by atoms with Crippen LogP contribution < -0.4 is 0 Å². The molecule has 1 aromatic rings. The minimum atomic E-state index is 0.186. The van der Waals surface area contributed by atoms with Crippen molar-refractivity contribution in [2.45, 2.75) is 38.3 Å². The van der Waals surface area contributed by atoms with Crippen LogP contribution in [0.2, 0.25) is 0 Å². The number of likely N-dealkylation sites (tertiary alicyclic amines) is 2. The van der Waals surface area contributed by atoms with Crippen molar-refractivity contribution in [2.24, 2.45) is 5.92 Å². The van der Waals surface area contributed by atoms with Crippen LogP contribution in [0.4, 0.5) is 0 Å². The minimum absolute atomic E-state index is 0.186. The van der Waals surface area contributed by atoms with Gasteiger partial charge in [0.2, 0.25) is 5.91 Å². The monoisotopic (exact) mass is 361 g/mol. The Morgan fingerprint density at radius 1 is 1.08 bits per heavy atom. The summed E-state index contributed by atoms with van der Waals surface area (Å²) < 4.78 is 10.6. The lowest BCUT2D eigenvalue weighted by atomic mass is 9.92. The Kier molecular flexibility index (Phi) is 5.92. The van der Waals surface area contributed by atoms with Gasteiger partial charge >= 0.3 is 0 Å². The quantitative estimate of drug-likeness (QED) is 0.819.